The number of allylic oxidation sites excluding steroid dienone is 1. The minimum absolute atomic E-state index is 0.329. The quantitative estimate of drug-likeness (QED) is 0.616. The summed E-state index contributed by atoms with van der Waals surface area (Å²) < 4.78 is 12.3. The van der Waals surface area contributed by atoms with Crippen LogP contribution in [-0.2, 0) is 9.59 Å². The summed E-state index contributed by atoms with van der Waals surface area (Å²) in [7, 11) is 0. The zero-order chi connectivity index (χ0) is 9.30. The van der Waals surface area contributed by atoms with Crippen molar-refractivity contribution in [2.45, 2.75) is 6.42 Å². The third-order valence-corrected chi connectivity index (χ3v) is 1.72. The molecular formula is C7H7FO4. The van der Waals surface area contributed by atoms with Gasteiger partial charge in [-0.3, -0.25) is 4.79 Å². The van der Waals surface area contributed by atoms with Crippen LogP contribution in [0.15, 0.2) is 11.9 Å². The molecule has 0 saturated heterocycles. The molecule has 0 aliphatic heterocycles. The first kappa shape index (κ1) is 8.70. The van der Waals surface area contributed by atoms with Gasteiger partial charge in [-0.05, 0) is 18.4 Å². The fourth-order valence-electron chi connectivity index (χ4n) is 0.942. The molecule has 1 fully saturated rings. The molecule has 2 atom stereocenters. The highest BCUT2D eigenvalue weighted by Crippen LogP contribution is 2.40. The van der Waals surface area contributed by atoms with E-state index < -0.39 is 29.6 Å². The molecule has 0 aromatic heterocycles. The highest BCUT2D eigenvalue weighted by Gasteiger charge is 2.42. The lowest BCUT2D eigenvalue weighted by atomic mass is 10.3. The third kappa shape index (κ3) is 1.81. The van der Waals surface area contributed by atoms with E-state index in [1.165, 1.54) is 0 Å². The van der Waals surface area contributed by atoms with Crippen LogP contribution < -0.4 is 0 Å². The summed E-state index contributed by atoms with van der Waals surface area (Å²) in [6.07, 6.45) is 1.18. The Morgan fingerprint density at radius 1 is 1.42 bits per heavy atom. The van der Waals surface area contributed by atoms with Crippen molar-refractivity contribution < 1.29 is 24.2 Å². The number of rotatable bonds is 3. The average Bonchev–Trinajstić information content (AvgIpc) is 2.67. The number of hydrogen-bond acceptors (Lipinski definition) is 2. The molecule has 0 amide bonds. The van der Waals surface area contributed by atoms with E-state index in [-0.39, 0.29) is 0 Å². The van der Waals surface area contributed by atoms with Gasteiger partial charge in [0.1, 0.15) is 0 Å². The fraction of sp³-hybridized carbons (Fsp3) is 0.429. The van der Waals surface area contributed by atoms with E-state index in [0.29, 0.717) is 6.42 Å². The Morgan fingerprint density at radius 3 is 2.33 bits per heavy atom. The Morgan fingerprint density at radius 2 is 2.00 bits per heavy atom. The van der Waals surface area contributed by atoms with Crippen molar-refractivity contribution in [1.29, 1.82) is 0 Å². The van der Waals surface area contributed by atoms with Crippen LogP contribution in [0.3, 0.4) is 0 Å². The van der Waals surface area contributed by atoms with Crippen LogP contribution in [0.1, 0.15) is 6.42 Å². The molecule has 4 nitrogen and oxygen atoms in total. The number of carboxylic acids is 2. The second-order valence-electron chi connectivity index (χ2n) is 2.66. The van der Waals surface area contributed by atoms with E-state index in [0.717, 1.165) is 6.08 Å². The highest BCUT2D eigenvalue weighted by atomic mass is 19.1. The van der Waals surface area contributed by atoms with E-state index >= 15 is 0 Å². The SMILES string of the molecule is O=C(O)C(F)=CC1CC1C(=O)O. The molecule has 5 heteroatoms. The van der Waals surface area contributed by atoms with Gasteiger partial charge in [-0.2, -0.15) is 4.39 Å². The maximum atomic E-state index is 12.3. The maximum Gasteiger partial charge on any atom is 0.364 e. The van der Waals surface area contributed by atoms with Crippen LogP contribution >= 0.6 is 0 Å². The van der Waals surface area contributed by atoms with Crippen LogP contribution in [0.25, 0.3) is 0 Å². The molecule has 0 heterocycles. The molecule has 2 unspecified atom stereocenters. The molecule has 0 bridgehead atoms. The first-order valence-corrected chi connectivity index (χ1v) is 3.35. The molecule has 1 aliphatic rings. The van der Waals surface area contributed by atoms with Gasteiger partial charge < -0.3 is 10.2 Å². The lowest BCUT2D eigenvalue weighted by Gasteiger charge is -1.87. The van der Waals surface area contributed by atoms with Crippen molar-refractivity contribution in [2.75, 3.05) is 0 Å². The zero-order valence-corrected chi connectivity index (χ0v) is 6.03. The van der Waals surface area contributed by atoms with Crippen LogP contribution in [0, 0.1) is 11.8 Å². The predicted octanol–water partition coefficient (Wildman–Crippen LogP) is 0.645. The van der Waals surface area contributed by atoms with Crippen molar-refractivity contribution in [3.8, 4) is 0 Å². The summed E-state index contributed by atoms with van der Waals surface area (Å²) in [6, 6.07) is 0. The maximum absolute atomic E-state index is 12.3. The summed E-state index contributed by atoms with van der Waals surface area (Å²) in [5.41, 5.74) is 0. The minimum Gasteiger partial charge on any atom is -0.481 e. The van der Waals surface area contributed by atoms with E-state index in [9.17, 15) is 14.0 Å². The number of hydrogen-bond donors (Lipinski definition) is 2. The minimum atomic E-state index is -1.65. The van der Waals surface area contributed by atoms with Gasteiger partial charge in [0.05, 0.1) is 5.92 Å². The van der Waals surface area contributed by atoms with Gasteiger partial charge >= 0.3 is 11.9 Å². The van der Waals surface area contributed by atoms with Crippen LogP contribution in [0.5, 0.6) is 0 Å². The van der Waals surface area contributed by atoms with Crippen LogP contribution in [-0.4, -0.2) is 22.2 Å². The monoisotopic (exact) mass is 174 g/mol. The molecule has 1 aliphatic carbocycles. The first-order valence-electron chi connectivity index (χ1n) is 3.35. The van der Waals surface area contributed by atoms with Crippen molar-refractivity contribution in [2.24, 2.45) is 11.8 Å². The highest BCUT2D eigenvalue weighted by molar-refractivity contribution is 5.84. The number of carbonyl (C=O) groups is 2. The standard InChI is InChI=1S/C7H7FO4/c8-5(7(11)12)2-3-1-4(3)6(9)10/h2-4H,1H2,(H,9,10)(H,11,12). The Bertz CT molecular complexity index is 258. The number of halogens is 1. The number of carboxylic acid groups (broad SMARTS) is 2. The molecule has 0 aromatic carbocycles. The van der Waals surface area contributed by atoms with Crippen molar-refractivity contribution in [3.05, 3.63) is 11.9 Å². The molecule has 0 radical (unpaired) electrons. The van der Waals surface area contributed by atoms with E-state index in [1.807, 2.05) is 0 Å². The molecule has 2 N–H and O–H groups in total. The average molecular weight is 174 g/mol. The largest absolute Gasteiger partial charge is 0.481 e. The normalized spacial score (nSPS) is 28.2. The predicted molar refractivity (Wildman–Crippen MR) is 36.1 cm³/mol. The molecule has 12 heavy (non-hydrogen) atoms. The fourth-order valence-corrected chi connectivity index (χ4v) is 0.942. The molecule has 1 saturated carbocycles. The van der Waals surface area contributed by atoms with E-state index in [2.05, 4.69) is 0 Å². The topological polar surface area (TPSA) is 74.6 Å². The van der Waals surface area contributed by atoms with Crippen LogP contribution in [0.2, 0.25) is 0 Å². The van der Waals surface area contributed by atoms with Gasteiger partial charge in [0.25, 0.3) is 0 Å². The molecule has 1 rings (SSSR count). The lowest BCUT2D eigenvalue weighted by molar-refractivity contribution is -0.139. The third-order valence-electron chi connectivity index (χ3n) is 1.72. The summed E-state index contributed by atoms with van der Waals surface area (Å²) >= 11 is 0. The van der Waals surface area contributed by atoms with E-state index in [4.69, 9.17) is 10.2 Å². The summed E-state index contributed by atoms with van der Waals surface area (Å²) in [4.78, 5) is 20.2. The van der Waals surface area contributed by atoms with Gasteiger partial charge in [0.2, 0.25) is 5.83 Å². The van der Waals surface area contributed by atoms with Crippen molar-refractivity contribution in [1.82, 2.24) is 0 Å². The van der Waals surface area contributed by atoms with Gasteiger partial charge in [0.15, 0.2) is 0 Å². The second kappa shape index (κ2) is 2.92. The van der Waals surface area contributed by atoms with Crippen LogP contribution in [0.4, 0.5) is 4.39 Å². The van der Waals surface area contributed by atoms with E-state index in [1.54, 1.807) is 0 Å². The zero-order valence-electron chi connectivity index (χ0n) is 6.03. The molecule has 0 spiro atoms. The Kier molecular flexibility index (Phi) is 2.12. The van der Waals surface area contributed by atoms with Gasteiger partial charge in [0, 0.05) is 0 Å². The first-order chi connectivity index (χ1) is 5.52. The Labute approximate surface area is 67.3 Å². The summed E-state index contributed by atoms with van der Waals surface area (Å²) in [5.74, 6) is -4.97. The Balaban J connectivity index is 2.50. The summed E-state index contributed by atoms with van der Waals surface area (Å²) in [6.45, 7) is 0. The van der Waals surface area contributed by atoms with Crippen molar-refractivity contribution >= 4 is 11.9 Å². The van der Waals surface area contributed by atoms with Gasteiger partial charge in [-0.1, -0.05) is 0 Å². The second-order valence-corrected chi connectivity index (χ2v) is 2.66. The number of aliphatic carboxylic acids is 2. The van der Waals surface area contributed by atoms with Gasteiger partial charge in [-0.15, -0.1) is 0 Å². The van der Waals surface area contributed by atoms with Gasteiger partial charge in [-0.25, -0.2) is 4.79 Å². The van der Waals surface area contributed by atoms with Crippen molar-refractivity contribution in [3.63, 3.8) is 0 Å². The summed E-state index contributed by atoms with van der Waals surface area (Å²) in [5, 5.41) is 16.5. The lowest BCUT2D eigenvalue weighted by Crippen LogP contribution is -2.00. The Hall–Kier alpha value is -1.39. The molecule has 0 aromatic rings. The molecular weight excluding hydrogens is 167 g/mol. The molecule has 66 valence electrons. The smallest absolute Gasteiger partial charge is 0.364 e.